The molecule has 3 rings (SSSR count). The molecule has 1 spiro atoms. The number of anilines is 1. The van der Waals surface area contributed by atoms with Crippen molar-refractivity contribution in [1.29, 1.82) is 0 Å². The molecule has 1 aliphatic heterocycles. The quantitative estimate of drug-likeness (QED) is 0.780. The van der Waals surface area contributed by atoms with Gasteiger partial charge in [-0.05, 0) is 25.0 Å². The minimum atomic E-state index is -0.0440. The first-order chi connectivity index (χ1) is 8.19. The first kappa shape index (κ1) is 10.4. The van der Waals surface area contributed by atoms with Crippen LogP contribution >= 0.6 is 0 Å². The Morgan fingerprint density at radius 1 is 1.29 bits per heavy atom. The lowest BCUT2D eigenvalue weighted by atomic mass is 9.99. The molecule has 90 valence electrons. The number of hydrogen-bond donors (Lipinski definition) is 2. The van der Waals surface area contributed by atoms with Crippen LogP contribution < -0.4 is 10.2 Å². The predicted molar refractivity (Wildman–Crippen MR) is 65.2 cm³/mol. The zero-order valence-corrected chi connectivity index (χ0v) is 9.65. The molecule has 0 aromatic heterocycles. The summed E-state index contributed by atoms with van der Waals surface area (Å²) in [5.74, 6) is 0.197. The van der Waals surface area contributed by atoms with Gasteiger partial charge in [0.15, 0.2) is 0 Å². The Labute approximate surface area is 100 Å². The van der Waals surface area contributed by atoms with Gasteiger partial charge in [0.25, 0.3) is 0 Å². The molecule has 1 saturated heterocycles. The average molecular weight is 232 g/mol. The first-order valence-electron chi connectivity index (χ1n) is 6.07. The van der Waals surface area contributed by atoms with Crippen LogP contribution in [0.1, 0.15) is 25.7 Å². The molecular weight excluding hydrogens is 216 g/mol. The van der Waals surface area contributed by atoms with E-state index in [1.165, 1.54) is 12.8 Å². The van der Waals surface area contributed by atoms with Gasteiger partial charge in [0.1, 0.15) is 5.75 Å². The van der Waals surface area contributed by atoms with Gasteiger partial charge in [-0.25, -0.2) is 4.79 Å². The summed E-state index contributed by atoms with van der Waals surface area (Å²) in [6.07, 6.45) is 4.50. The number of nitrogens with one attached hydrogen (secondary N) is 1. The first-order valence-corrected chi connectivity index (χ1v) is 6.07. The van der Waals surface area contributed by atoms with E-state index in [1.807, 2.05) is 6.07 Å². The lowest BCUT2D eigenvalue weighted by Gasteiger charge is -2.22. The Kier molecular flexibility index (Phi) is 2.24. The van der Waals surface area contributed by atoms with Crippen LogP contribution in [0.15, 0.2) is 24.3 Å². The highest BCUT2D eigenvalue weighted by Crippen LogP contribution is 2.36. The molecular formula is C13H16N2O2. The van der Waals surface area contributed by atoms with Gasteiger partial charge in [0.05, 0.1) is 12.1 Å². The molecule has 0 atom stereocenters. The fraction of sp³-hybridized carbons (Fsp3) is 0.462. The molecule has 1 heterocycles. The molecule has 1 aliphatic carbocycles. The predicted octanol–water partition coefficient (Wildman–Crippen LogP) is 2.23. The third-order valence-corrected chi connectivity index (χ3v) is 3.78. The second-order valence-electron chi connectivity index (χ2n) is 5.02. The highest BCUT2D eigenvalue weighted by molar-refractivity contribution is 5.95. The number of hydrogen-bond acceptors (Lipinski definition) is 2. The summed E-state index contributed by atoms with van der Waals surface area (Å²) < 4.78 is 0. The van der Waals surface area contributed by atoms with E-state index >= 15 is 0 Å². The van der Waals surface area contributed by atoms with Crippen molar-refractivity contribution in [3.05, 3.63) is 24.3 Å². The van der Waals surface area contributed by atoms with Gasteiger partial charge in [-0.2, -0.15) is 0 Å². The largest absolute Gasteiger partial charge is 0.508 e. The molecule has 0 bridgehead atoms. The molecule has 4 nitrogen and oxygen atoms in total. The van der Waals surface area contributed by atoms with Crippen molar-refractivity contribution in [2.75, 3.05) is 11.4 Å². The molecule has 2 aliphatic rings. The van der Waals surface area contributed by atoms with Crippen molar-refractivity contribution in [2.45, 2.75) is 31.2 Å². The number of phenolic OH excluding ortho intramolecular Hbond substituents is 1. The second-order valence-corrected chi connectivity index (χ2v) is 5.02. The number of benzene rings is 1. The number of rotatable bonds is 1. The van der Waals surface area contributed by atoms with Gasteiger partial charge in [-0.15, -0.1) is 0 Å². The summed E-state index contributed by atoms with van der Waals surface area (Å²) in [5, 5.41) is 12.6. The second kappa shape index (κ2) is 3.65. The molecule has 0 unspecified atom stereocenters. The van der Waals surface area contributed by atoms with Gasteiger partial charge in [0.2, 0.25) is 0 Å². The summed E-state index contributed by atoms with van der Waals surface area (Å²) in [5.41, 5.74) is 0.744. The van der Waals surface area contributed by atoms with Crippen LogP contribution in [0.4, 0.5) is 10.5 Å². The lowest BCUT2D eigenvalue weighted by molar-refractivity contribution is 0.247. The number of amides is 2. The Morgan fingerprint density at radius 3 is 2.76 bits per heavy atom. The van der Waals surface area contributed by atoms with Crippen molar-refractivity contribution in [3.8, 4) is 5.75 Å². The number of carbonyl (C=O) groups excluding carboxylic acids is 1. The summed E-state index contributed by atoms with van der Waals surface area (Å²) in [4.78, 5) is 13.7. The molecule has 1 aromatic carbocycles. The van der Waals surface area contributed by atoms with Crippen molar-refractivity contribution in [3.63, 3.8) is 0 Å². The van der Waals surface area contributed by atoms with Crippen molar-refractivity contribution in [2.24, 2.45) is 0 Å². The maximum atomic E-state index is 12.0. The number of urea groups is 1. The minimum Gasteiger partial charge on any atom is -0.508 e. The van der Waals surface area contributed by atoms with E-state index in [-0.39, 0.29) is 17.3 Å². The van der Waals surface area contributed by atoms with E-state index in [4.69, 9.17) is 0 Å². The van der Waals surface area contributed by atoms with Gasteiger partial charge in [0, 0.05) is 11.8 Å². The topological polar surface area (TPSA) is 52.6 Å². The van der Waals surface area contributed by atoms with Crippen LogP contribution in [0.5, 0.6) is 5.75 Å². The SMILES string of the molecule is O=C1NC2(CCCC2)CN1c1cccc(O)c1. The molecule has 1 saturated carbocycles. The smallest absolute Gasteiger partial charge is 0.322 e. The fourth-order valence-corrected chi connectivity index (χ4v) is 2.91. The summed E-state index contributed by atoms with van der Waals surface area (Å²) in [6.45, 7) is 0.718. The van der Waals surface area contributed by atoms with Gasteiger partial charge >= 0.3 is 6.03 Å². The lowest BCUT2D eigenvalue weighted by Crippen LogP contribution is -2.40. The standard InChI is InChI=1S/C13H16N2O2/c16-11-5-3-4-10(8-11)15-9-13(14-12(15)17)6-1-2-7-13/h3-5,8,16H,1-2,6-7,9H2,(H,14,17). The highest BCUT2D eigenvalue weighted by Gasteiger charge is 2.44. The molecule has 2 fully saturated rings. The number of aromatic hydroxyl groups is 1. The highest BCUT2D eigenvalue weighted by atomic mass is 16.3. The van der Waals surface area contributed by atoms with Crippen LogP contribution in [0, 0.1) is 0 Å². The van der Waals surface area contributed by atoms with Gasteiger partial charge in [-0.1, -0.05) is 18.9 Å². The molecule has 2 amide bonds. The van der Waals surface area contributed by atoms with Crippen LogP contribution in [0.2, 0.25) is 0 Å². The summed E-state index contributed by atoms with van der Waals surface area (Å²) in [6, 6.07) is 6.82. The van der Waals surface area contributed by atoms with E-state index in [0.29, 0.717) is 0 Å². The van der Waals surface area contributed by atoms with Crippen LogP contribution in [0.3, 0.4) is 0 Å². The Hall–Kier alpha value is -1.71. The average Bonchev–Trinajstić information content (AvgIpc) is 2.87. The molecule has 4 heteroatoms. The zero-order valence-electron chi connectivity index (χ0n) is 9.65. The summed E-state index contributed by atoms with van der Waals surface area (Å²) >= 11 is 0. The zero-order chi connectivity index (χ0) is 11.9. The van der Waals surface area contributed by atoms with Gasteiger partial charge < -0.3 is 10.4 Å². The van der Waals surface area contributed by atoms with E-state index < -0.39 is 0 Å². The van der Waals surface area contributed by atoms with E-state index in [1.54, 1.807) is 23.1 Å². The Balaban J connectivity index is 1.87. The Bertz CT molecular complexity index is 452. The molecule has 0 radical (unpaired) electrons. The van der Waals surface area contributed by atoms with E-state index in [9.17, 15) is 9.90 Å². The van der Waals surface area contributed by atoms with E-state index in [0.717, 1.165) is 25.1 Å². The van der Waals surface area contributed by atoms with Crippen LogP contribution in [-0.2, 0) is 0 Å². The third kappa shape index (κ3) is 1.73. The van der Waals surface area contributed by atoms with E-state index in [2.05, 4.69) is 5.32 Å². The molecule has 17 heavy (non-hydrogen) atoms. The maximum absolute atomic E-state index is 12.0. The van der Waals surface area contributed by atoms with Crippen molar-refractivity contribution < 1.29 is 9.90 Å². The number of carbonyl (C=O) groups is 1. The minimum absolute atomic E-state index is 0.0253. The summed E-state index contributed by atoms with van der Waals surface area (Å²) in [7, 11) is 0. The van der Waals surface area contributed by atoms with Crippen molar-refractivity contribution >= 4 is 11.7 Å². The monoisotopic (exact) mass is 232 g/mol. The fourth-order valence-electron chi connectivity index (χ4n) is 2.91. The van der Waals surface area contributed by atoms with Crippen LogP contribution in [-0.4, -0.2) is 23.2 Å². The molecule has 1 aromatic rings. The number of phenols is 1. The van der Waals surface area contributed by atoms with Gasteiger partial charge in [-0.3, -0.25) is 4.90 Å². The third-order valence-electron chi connectivity index (χ3n) is 3.78. The van der Waals surface area contributed by atoms with Crippen LogP contribution in [0.25, 0.3) is 0 Å². The normalized spacial score (nSPS) is 22.1. The Morgan fingerprint density at radius 2 is 2.06 bits per heavy atom. The maximum Gasteiger partial charge on any atom is 0.322 e. The number of nitrogens with zero attached hydrogens (tertiary/aromatic N) is 1. The van der Waals surface area contributed by atoms with Crippen molar-refractivity contribution in [1.82, 2.24) is 5.32 Å². The molecule has 2 N–H and O–H groups in total.